The Morgan fingerprint density at radius 3 is 2.67 bits per heavy atom. The number of hydrogen-bond acceptors (Lipinski definition) is 6. The van der Waals surface area contributed by atoms with Crippen LogP contribution in [0, 0.1) is 6.92 Å². The van der Waals surface area contributed by atoms with E-state index in [9.17, 15) is 4.79 Å². The number of aromatic nitrogens is 2. The molecule has 0 unspecified atom stereocenters. The normalized spacial score (nSPS) is 16.1. The highest BCUT2D eigenvalue weighted by Crippen LogP contribution is 2.18. The van der Waals surface area contributed by atoms with E-state index in [0.717, 1.165) is 43.6 Å². The summed E-state index contributed by atoms with van der Waals surface area (Å²) in [4.78, 5) is 20.3. The van der Waals surface area contributed by atoms with Crippen LogP contribution < -0.4 is 10.6 Å². The first-order chi connectivity index (χ1) is 8.70. The second-order valence-corrected chi connectivity index (χ2v) is 5.11. The molecule has 1 aliphatic rings. The van der Waals surface area contributed by atoms with Crippen LogP contribution in [0.15, 0.2) is 0 Å². The number of nitrogens with zero attached hydrogens (tertiary/aromatic N) is 4. The molecule has 1 saturated heterocycles. The molecule has 0 spiro atoms. The van der Waals surface area contributed by atoms with E-state index in [-0.39, 0.29) is 5.91 Å². The standard InChI is InChI=1S/C11H19N5OS/c1-9-13-11(18-14-9)16-7-5-15(6-8-16)10(17)3-2-4-12/h2-8,12H2,1H3. The Morgan fingerprint density at radius 1 is 1.39 bits per heavy atom. The SMILES string of the molecule is Cc1nsc(N2CCN(C(=O)CCCN)CC2)n1. The predicted molar refractivity (Wildman–Crippen MR) is 71.7 cm³/mol. The molecule has 0 aromatic carbocycles. The Bertz CT molecular complexity index is 400. The molecule has 2 rings (SSSR count). The van der Waals surface area contributed by atoms with Crippen molar-refractivity contribution >= 4 is 22.6 Å². The highest BCUT2D eigenvalue weighted by atomic mass is 32.1. The molecule has 1 amide bonds. The maximum Gasteiger partial charge on any atom is 0.222 e. The van der Waals surface area contributed by atoms with Crippen LogP contribution in [-0.4, -0.2) is 52.9 Å². The average molecular weight is 269 g/mol. The fourth-order valence-electron chi connectivity index (χ4n) is 1.97. The summed E-state index contributed by atoms with van der Waals surface area (Å²) in [6.07, 6.45) is 1.34. The Labute approximate surface area is 111 Å². The average Bonchev–Trinajstić information content (AvgIpc) is 2.83. The number of anilines is 1. The van der Waals surface area contributed by atoms with E-state index in [0.29, 0.717) is 13.0 Å². The van der Waals surface area contributed by atoms with Crippen molar-refractivity contribution in [1.29, 1.82) is 0 Å². The fraction of sp³-hybridized carbons (Fsp3) is 0.727. The molecule has 100 valence electrons. The van der Waals surface area contributed by atoms with Crippen molar-refractivity contribution in [2.24, 2.45) is 5.73 Å². The van der Waals surface area contributed by atoms with Crippen LogP contribution in [0.4, 0.5) is 5.13 Å². The topological polar surface area (TPSA) is 75.4 Å². The largest absolute Gasteiger partial charge is 0.343 e. The van der Waals surface area contributed by atoms with Crippen LogP contribution in [0.5, 0.6) is 0 Å². The van der Waals surface area contributed by atoms with Gasteiger partial charge in [-0.3, -0.25) is 4.79 Å². The smallest absolute Gasteiger partial charge is 0.222 e. The van der Waals surface area contributed by atoms with Crippen molar-refractivity contribution in [3.63, 3.8) is 0 Å². The van der Waals surface area contributed by atoms with Gasteiger partial charge in [0.2, 0.25) is 11.0 Å². The summed E-state index contributed by atoms with van der Waals surface area (Å²) in [5.74, 6) is 1.03. The van der Waals surface area contributed by atoms with Gasteiger partial charge in [-0.1, -0.05) is 0 Å². The van der Waals surface area contributed by atoms with Crippen LogP contribution in [0.1, 0.15) is 18.7 Å². The summed E-state index contributed by atoms with van der Waals surface area (Å²) < 4.78 is 4.18. The van der Waals surface area contributed by atoms with E-state index in [1.54, 1.807) is 0 Å². The first kappa shape index (κ1) is 13.2. The summed E-state index contributed by atoms with van der Waals surface area (Å²) in [5.41, 5.74) is 5.41. The Hall–Kier alpha value is -1.21. The van der Waals surface area contributed by atoms with Crippen LogP contribution >= 0.6 is 11.5 Å². The van der Waals surface area contributed by atoms with Gasteiger partial charge >= 0.3 is 0 Å². The first-order valence-electron chi connectivity index (χ1n) is 6.24. The molecule has 0 aliphatic carbocycles. The number of nitrogens with two attached hydrogens (primary N) is 1. The number of piperazine rings is 1. The van der Waals surface area contributed by atoms with E-state index in [4.69, 9.17) is 5.73 Å². The Kier molecular flexibility index (Phi) is 4.48. The van der Waals surface area contributed by atoms with Crippen LogP contribution in [0.25, 0.3) is 0 Å². The van der Waals surface area contributed by atoms with Crippen LogP contribution in [-0.2, 0) is 4.79 Å². The zero-order chi connectivity index (χ0) is 13.0. The number of carbonyl (C=O) groups excluding carboxylic acids is 1. The number of aryl methyl sites for hydroxylation is 1. The lowest BCUT2D eigenvalue weighted by atomic mass is 10.2. The van der Waals surface area contributed by atoms with E-state index in [1.807, 2.05) is 11.8 Å². The van der Waals surface area contributed by atoms with E-state index in [1.165, 1.54) is 11.5 Å². The lowest BCUT2D eigenvalue weighted by molar-refractivity contribution is -0.131. The monoisotopic (exact) mass is 269 g/mol. The van der Waals surface area contributed by atoms with Crippen molar-refractivity contribution in [3.05, 3.63) is 5.82 Å². The molecule has 2 heterocycles. The van der Waals surface area contributed by atoms with Crippen molar-refractivity contribution in [2.75, 3.05) is 37.6 Å². The number of carbonyl (C=O) groups is 1. The molecule has 2 N–H and O–H groups in total. The third-order valence-corrected chi connectivity index (χ3v) is 3.88. The minimum Gasteiger partial charge on any atom is -0.343 e. The Balaban J connectivity index is 1.82. The van der Waals surface area contributed by atoms with Crippen molar-refractivity contribution in [1.82, 2.24) is 14.3 Å². The molecule has 0 saturated carbocycles. The molecule has 7 heteroatoms. The van der Waals surface area contributed by atoms with Gasteiger partial charge < -0.3 is 15.5 Å². The second-order valence-electron chi connectivity index (χ2n) is 4.38. The van der Waals surface area contributed by atoms with Crippen LogP contribution in [0.3, 0.4) is 0 Å². The molecular weight excluding hydrogens is 250 g/mol. The molecule has 1 aliphatic heterocycles. The molecular formula is C11H19N5OS. The molecule has 18 heavy (non-hydrogen) atoms. The first-order valence-corrected chi connectivity index (χ1v) is 7.01. The van der Waals surface area contributed by atoms with Crippen molar-refractivity contribution < 1.29 is 4.79 Å². The maximum atomic E-state index is 11.8. The van der Waals surface area contributed by atoms with Gasteiger partial charge in [-0.05, 0) is 19.9 Å². The zero-order valence-electron chi connectivity index (χ0n) is 10.6. The number of amides is 1. The fourth-order valence-corrected chi connectivity index (χ4v) is 2.70. The summed E-state index contributed by atoms with van der Waals surface area (Å²) in [6, 6.07) is 0. The van der Waals surface area contributed by atoms with Gasteiger partial charge in [0.15, 0.2) is 0 Å². The van der Waals surface area contributed by atoms with Gasteiger partial charge in [-0.25, -0.2) is 4.98 Å². The third kappa shape index (κ3) is 3.17. The van der Waals surface area contributed by atoms with Gasteiger partial charge in [0, 0.05) is 44.1 Å². The highest BCUT2D eigenvalue weighted by molar-refractivity contribution is 7.09. The van der Waals surface area contributed by atoms with Gasteiger partial charge in [-0.2, -0.15) is 4.37 Å². The summed E-state index contributed by atoms with van der Waals surface area (Å²) >= 11 is 1.42. The molecule has 0 atom stereocenters. The molecule has 0 bridgehead atoms. The van der Waals surface area contributed by atoms with E-state index < -0.39 is 0 Å². The maximum absolute atomic E-state index is 11.8. The Morgan fingerprint density at radius 2 is 2.11 bits per heavy atom. The number of rotatable bonds is 4. The van der Waals surface area contributed by atoms with Crippen LogP contribution in [0.2, 0.25) is 0 Å². The van der Waals surface area contributed by atoms with Crippen molar-refractivity contribution in [3.8, 4) is 0 Å². The lowest BCUT2D eigenvalue weighted by Crippen LogP contribution is -2.48. The summed E-state index contributed by atoms with van der Waals surface area (Å²) in [5, 5.41) is 0.960. The zero-order valence-corrected chi connectivity index (χ0v) is 11.4. The lowest BCUT2D eigenvalue weighted by Gasteiger charge is -2.34. The van der Waals surface area contributed by atoms with Gasteiger partial charge in [0.1, 0.15) is 5.82 Å². The minimum absolute atomic E-state index is 0.216. The predicted octanol–water partition coefficient (Wildman–Crippen LogP) is 0.234. The molecule has 1 aromatic rings. The quantitative estimate of drug-likeness (QED) is 0.847. The van der Waals surface area contributed by atoms with Gasteiger partial charge in [0.25, 0.3) is 0 Å². The summed E-state index contributed by atoms with van der Waals surface area (Å²) in [7, 11) is 0. The van der Waals surface area contributed by atoms with E-state index >= 15 is 0 Å². The summed E-state index contributed by atoms with van der Waals surface area (Å²) in [6.45, 7) is 5.68. The second kappa shape index (κ2) is 6.10. The van der Waals surface area contributed by atoms with Gasteiger partial charge in [-0.15, -0.1) is 0 Å². The molecule has 0 radical (unpaired) electrons. The third-order valence-electron chi connectivity index (χ3n) is 3.01. The molecule has 6 nitrogen and oxygen atoms in total. The van der Waals surface area contributed by atoms with Crippen molar-refractivity contribution in [2.45, 2.75) is 19.8 Å². The van der Waals surface area contributed by atoms with E-state index in [2.05, 4.69) is 14.3 Å². The molecule has 1 aromatic heterocycles. The highest BCUT2D eigenvalue weighted by Gasteiger charge is 2.22. The minimum atomic E-state index is 0.216. The number of hydrogen-bond donors (Lipinski definition) is 1. The van der Waals surface area contributed by atoms with Gasteiger partial charge in [0.05, 0.1) is 0 Å². The molecule has 1 fully saturated rings.